The van der Waals surface area contributed by atoms with Crippen molar-refractivity contribution >= 4 is 46.7 Å². The summed E-state index contributed by atoms with van der Waals surface area (Å²) in [6.07, 6.45) is -2.87. The van der Waals surface area contributed by atoms with Crippen molar-refractivity contribution in [1.29, 1.82) is 0 Å². The summed E-state index contributed by atoms with van der Waals surface area (Å²) in [4.78, 5) is 0. The monoisotopic (exact) mass is 397 g/mol. The number of aryl methyl sites for hydroxylation is 1. The zero-order valence-corrected chi connectivity index (χ0v) is 14.9. The van der Waals surface area contributed by atoms with Crippen LogP contribution >= 0.6 is 34.8 Å². The number of aromatic nitrogens is 1. The molecule has 0 aliphatic rings. The normalized spacial score (nSPS) is 12.2. The number of hydrogen-bond donors (Lipinski definition) is 1. The predicted octanol–water partition coefficient (Wildman–Crippen LogP) is 6.07. The lowest BCUT2D eigenvalue weighted by Gasteiger charge is -2.12. The summed E-state index contributed by atoms with van der Waals surface area (Å²) in [7, 11) is 0. The van der Waals surface area contributed by atoms with Crippen LogP contribution in [0.2, 0.25) is 15.1 Å². The molecule has 1 heterocycles. The maximum Gasteiger partial charge on any atom is 0.406 e. The van der Waals surface area contributed by atoms with E-state index in [4.69, 9.17) is 34.8 Å². The highest BCUT2D eigenvalue weighted by molar-refractivity contribution is 6.41. The van der Waals surface area contributed by atoms with Gasteiger partial charge in [0.2, 0.25) is 0 Å². The van der Waals surface area contributed by atoms with E-state index < -0.39 is 12.7 Å². The van der Waals surface area contributed by atoms with Gasteiger partial charge in [-0.05, 0) is 32.0 Å². The molecule has 24 heavy (non-hydrogen) atoms. The highest BCUT2D eigenvalue weighted by atomic mass is 35.5. The van der Waals surface area contributed by atoms with Gasteiger partial charge in [-0.1, -0.05) is 34.8 Å². The SMILES string of the molecule is Cc1cc(/C=N\Nc2c(Cl)cc(Cl)cc2Cl)c(C)n1CC(F)(F)F. The zero-order chi connectivity index (χ0) is 18.1. The van der Waals surface area contributed by atoms with Gasteiger partial charge in [0.25, 0.3) is 0 Å². The molecule has 0 aliphatic heterocycles. The Morgan fingerprint density at radius 1 is 1.12 bits per heavy atom. The number of alkyl halides is 3. The molecule has 1 aromatic carbocycles. The fourth-order valence-electron chi connectivity index (χ4n) is 2.20. The highest BCUT2D eigenvalue weighted by Gasteiger charge is 2.29. The van der Waals surface area contributed by atoms with Crippen LogP contribution in [0.25, 0.3) is 0 Å². The van der Waals surface area contributed by atoms with E-state index >= 15 is 0 Å². The number of benzene rings is 1. The molecule has 2 aromatic rings. The standard InChI is InChI=1S/C15H13Cl3F3N3/c1-8-3-10(9(2)24(8)7-15(19,20)21)6-22-23-14-12(17)4-11(16)5-13(14)18/h3-6,23H,7H2,1-2H3/b22-6-. The van der Waals surface area contributed by atoms with Crippen molar-refractivity contribution in [3.8, 4) is 0 Å². The van der Waals surface area contributed by atoms with Crippen LogP contribution in [-0.4, -0.2) is 17.0 Å². The molecule has 1 aromatic heterocycles. The third-order valence-corrected chi connectivity index (χ3v) is 4.15. The largest absolute Gasteiger partial charge is 0.406 e. The van der Waals surface area contributed by atoms with Crippen molar-refractivity contribution < 1.29 is 13.2 Å². The Balaban J connectivity index is 2.20. The van der Waals surface area contributed by atoms with Crippen molar-refractivity contribution in [2.24, 2.45) is 5.10 Å². The molecule has 9 heteroatoms. The first-order valence-corrected chi connectivity index (χ1v) is 7.89. The Kier molecular flexibility index (Phi) is 5.73. The summed E-state index contributed by atoms with van der Waals surface area (Å²) < 4.78 is 39.0. The Bertz CT molecular complexity index is 759. The molecular formula is C15H13Cl3F3N3. The van der Waals surface area contributed by atoms with Crippen LogP contribution in [0, 0.1) is 13.8 Å². The van der Waals surface area contributed by atoms with Gasteiger partial charge in [-0.3, -0.25) is 5.43 Å². The van der Waals surface area contributed by atoms with E-state index in [-0.39, 0.29) is 10.0 Å². The molecule has 130 valence electrons. The Labute approximate surface area is 152 Å². The third-order valence-electron chi connectivity index (χ3n) is 3.34. The van der Waals surface area contributed by atoms with E-state index in [1.54, 1.807) is 19.9 Å². The van der Waals surface area contributed by atoms with Crippen LogP contribution in [0.1, 0.15) is 17.0 Å². The molecule has 1 N–H and O–H groups in total. The van der Waals surface area contributed by atoms with Gasteiger partial charge in [0.1, 0.15) is 6.54 Å². The summed E-state index contributed by atoms with van der Waals surface area (Å²) in [5.74, 6) is 0. The molecule has 0 bridgehead atoms. The Morgan fingerprint density at radius 2 is 1.71 bits per heavy atom. The van der Waals surface area contributed by atoms with Crippen LogP contribution < -0.4 is 5.43 Å². The highest BCUT2D eigenvalue weighted by Crippen LogP contribution is 2.33. The molecule has 0 atom stereocenters. The molecule has 0 amide bonds. The summed E-state index contributed by atoms with van der Waals surface area (Å²) in [5, 5.41) is 4.95. The first-order valence-electron chi connectivity index (χ1n) is 6.75. The van der Waals surface area contributed by atoms with Crippen LogP contribution in [0.15, 0.2) is 23.3 Å². The summed E-state index contributed by atoms with van der Waals surface area (Å²) in [5.41, 5.74) is 4.56. The lowest BCUT2D eigenvalue weighted by atomic mass is 10.3. The average molecular weight is 399 g/mol. The minimum Gasteiger partial charge on any atom is -0.339 e. The summed E-state index contributed by atoms with van der Waals surface area (Å²) in [6.45, 7) is 2.17. The van der Waals surface area contributed by atoms with Crippen LogP contribution in [0.5, 0.6) is 0 Å². The van der Waals surface area contributed by atoms with Crippen molar-refractivity contribution in [3.05, 3.63) is 50.2 Å². The number of nitrogens with one attached hydrogen (secondary N) is 1. The fourth-order valence-corrected chi connectivity index (χ4v) is 3.10. The quantitative estimate of drug-likeness (QED) is 0.491. The number of nitrogens with zero attached hydrogens (tertiary/aromatic N) is 2. The number of hydrogen-bond acceptors (Lipinski definition) is 2. The maximum atomic E-state index is 12.6. The second kappa shape index (κ2) is 7.25. The first-order chi connectivity index (χ1) is 11.1. The molecule has 3 nitrogen and oxygen atoms in total. The summed E-state index contributed by atoms with van der Waals surface area (Å²) >= 11 is 17.8. The molecule has 0 radical (unpaired) electrons. The smallest absolute Gasteiger partial charge is 0.339 e. The molecule has 0 fully saturated rings. The van der Waals surface area contributed by atoms with Crippen molar-refractivity contribution in [1.82, 2.24) is 4.57 Å². The van der Waals surface area contributed by atoms with E-state index in [1.807, 2.05) is 0 Å². The van der Waals surface area contributed by atoms with E-state index in [1.165, 1.54) is 22.9 Å². The number of rotatable bonds is 4. The Morgan fingerprint density at radius 3 is 2.25 bits per heavy atom. The zero-order valence-electron chi connectivity index (χ0n) is 12.7. The number of anilines is 1. The van der Waals surface area contributed by atoms with Gasteiger partial charge < -0.3 is 4.57 Å². The van der Waals surface area contributed by atoms with Gasteiger partial charge in [-0.25, -0.2) is 0 Å². The molecule has 0 spiro atoms. The van der Waals surface area contributed by atoms with E-state index in [9.17, 15) is 13.2 Å². The molecular weight excluding hydrogens is 386 g/mol. The summed E-state index contributed by atoms with van der Waals surface area (Å²) in [6, 6.07) is 4.63. The van der Waals surface area contributed by atoms with E-state index in [0.29, 0.717) is 27.7 Å². The second-order valence-corrected chi connectivity index (χ2v) is 6.39. The van der Waals surface area contributed by atoms with E-state index in [2.05, 4.69) is 10.5 Å². The van der Waals surface area contributed by atoms with Gasteiger partial charge in [0, 0.05) is 22.0 Å². The number of halogens is 6. The lowest BCUT2D eigenvalue weighted by molar-refractivity contribution is -0.141. The maximum absolute atomic E-state index is 12.6. The van der Waals surface area contributed by atoms with Crippen LogP contribution in [0.4, 0.5) is 18.9 Å². The van der Waals surface area contributed by atoms with Crippen LogP contribution in [0.3, 0.4) is 0 Å². The molecule has 0 saturated carbocycles. The lowest BCUT2D eigenvalue weighted by Crippen LogP contribution is -2.19. The van der Waals surface area contributed by atoms with Gasteiger partial charge >= 0.3 is 6.18 Å². The van der Waals surface area contributed by atoms with Crippen LogP contribution in [-0.2, 0) is 6.54 Å². The molecule has 0 aliphatic carbocycles. The van der Waals surface area contributed by atoms with Gasteiger partial charge in [0.05, 0.1) is 21.9 Å². The number of hydrazone groups is 1. The average Bonchev–Trinajstić information content (AvgIpc) is 2.68. The van der Waals surface area contributed by atoms with Crippen molar-refractivity contribution in [2.45, 2.75) is 26.6 Å². The fraction of sp³-hybridized carbons (Fsp3) is 0.267. The van der Waals surface area contributed by atoms with Gasteiger partial charge in [0.15, 0.2) is 0 Å². The second-order valence-electron chi connectivity index (χ2n) is 5.14. The van der Waals surface area contributed by atoms with E-state index in [0.717, 1.165) is 0 Å². The third kappa shape index (κ3) is 4.59. The van der Waals surface area contributed by atoms with Crippen molar-refractivity contribution in [3.63, 3.8) is 0 Å². The minimum absolute atomic E-state index is 0.284. The first kappa shape index (κ1) is 19.0. The molecule has 0 saturated heterocycles. The molecule has 0 unspecified atom stereocenters. The van der Waals surface area contributed by atoms with Gasteiger partial charge in [-0.2, -0.15) is 18.3 Å². The molecule has 2 rings (SSSR count). The van der Waals surface area contributed by atoms with Crippen molar-refractivity contribution in [2.75, 3.05) is 5.43 Å². The predicted molar refractivity (Wildman–Crippen MR) is 92.6 cm³/mol. The topological polar surface area (TPSA) is 29.3 Å². The Hall–Kier alpha value is -1.37. The van der Waals surface area contributed by atoms with Gasteiger partial charge in [-0.15, -0.1) is 0 Å². The minimum atomic E-state index is -4.29.